The van der Waals surface area contributed by atoms with Crippen LogP contribution in [0.15, 0.2) is 85.1 Å². The molecule has 5 aromatic rings. The quantitative estimate of drug-likeness (QED) is 0.360. The molecule has 0 fully saturated rings. The van der Waals surface area contributed by atoms with Gasteiger partial charge in [0.25, 0.3) is 5.91 Å². The molecule has 0 bridgehead atoms. The van der Waals surface area contributed by atoms with Crippen LogP contribution < -0.4 is 10.1 Å². The second-order valence-electron chi connectivity index (χ2n) is 7.16. The Balaban J connectivity index is 1.34. The maximum Gasteiger partial charge on any atom is 0.255 e. The van der Waals surface area contributed by atoms with Crippen LogP contribution in [0.1, 0.15) is 10.4 Å². The average molecular weight is 408 g/mol. The summed E-state index contributed by atoms with van der Waals surface area (Å²) in [6.07, 6.45) is 1.88. The summed E-state index contributed by atoms with van der Waals surface area (Å²) >= 11 is 0. The lowest BCUT2D eigenvalue weighted by molar-refractivity contribution is 0.102. The van der Waals surface area contributed by atoms with Gasteiger partial charge in [-0.25, -0.2) is 4.98 Å². The van der Waals surface area contributed by atoms with Crippen LogP contribution in [0.5, 0.6) is 5.75 Å². The molecule has 6 nitrogen and oxygen atoms in total. The van der Waals surface area contributed by atoms with Crippen LogP contribution in [0.2, 0.25) is 0 Å². The fourth-order valence-corrected chi connectivity index (χ4v) is 3.49. The molecule has 0 saturated carbocycles. The van der Waals surface area contributed by atoms with E-state index in [2.05, 4.69) is 20.3 Å². The van der Waals surface area contributed by atoms with E-state index in [0.29, 0.717) is 11.3 Å². The molecular weight excluding hydrogens is 388 g/mol. The van der Waals surface area contributed by atoms with Gasteiger partial charge in [0.05, 0.1) is 18.1 Å². The lowest BCUT2D eigenvalue weighted by Crippen LogP contribution is -2.11. The van der Waals surface area contributed by atoms with Crippen molar-refractivity contribution in [1.29, 1.82) is 0 Å². The second-order valence-corrected chi connectivity index (χ2v) is 7.16. The van der Waals surface area contributed by atoms with Gasteiger partial charge in [0.1, 0.15) is 11.6 Å². The number of hydrogen-bond acceptors (Lipinski definition) is 3. The van der Waals surface area contributed by atoms with Crippen molar-refractivity contribution in [2.45, 2.75) is 0 Å². The lowest BCUT2D eigenvalue weighted by atomic mass is 10.1. The molecule has 0 spiro atoms. The largest absolute Gasteiger partial charge is 0.497 e. The Labute approximate surface area is 178 Å². The fourth-order valence-electron chi connectivity index (χ4n) is 3.49. The number of carbonyl (C=O) groups excluding carboxylic acids is 1. The van der Waals surface area contributed by atoms with E-state index >= 15 is 0 Å². The number of imidazole rings is 1. The number of hydrogen-bond donors (Lipinski definition) is 3. The van der Waals surface area contributed by atoms with Crippen molar-refractivity contribution in [2.75, 3.05) is 12.4 Å². The highest BCUT2D eigenvalue weighted by molar-refractivity contribution is 6.05. The monoisotopic (exact) mass is 408 g/mol. The van der Waals surface area contributed by atoms with Gasteiger partial charge in [-0.05, 0) is 72.3 Å². The normalized spacial score (nSPS) is 10.9. The number of anilines is 1. The highest BCUT2D eigenvalue weighted by Gasteiger charge is 2.10. The molecule has 152 valence electrons. The van der Waals surface area contributed by atoms with E-state index in [1.54, 1.807) is 7.11 Å². The Hall–Kier alpha value is -4.32. The van der Waals surface area contributed by atoms with Crippen molar-refractivity contribution < 1.29 is 9.53 Å². The van der Waals surface area contributed by atoms with E-state index in [-0.39, 0.29) is 5.91 Å². The minimum atomic E-state index is -0.160. The number of nitrogens with zero attached hydrogens (tertiary/aromatic N) is 1. The summed E-state index contributed by atoms with van der Waals surface area (Å²) in [6.45, 7) is 0. The van der Waals surface area contributed by atoms with Gasteiger partial charge in [-0.2, -0.15) is 0 Å². The molecule has 0 aliphatic rings. The first-order valence-electron chi connectivity index (χ1n) is 9.89. The third-order valence-corrected chi connectivity index (χ3v) is 5.16. The van der Waals surface area contributed by atoms with Crippen LogP contribution in [0.25, 0.3) is 33.7 Å². The van der Waals surface area contributed by atoms with E-state index in [4.69, 9.17) is 4.74 Å². The SMILES string of the molecule is COc1ccc(-c2nc3ccc(NC(=O)c4ccc(-c5ccc[nH]5)cc4)cc3[nH]2)cc1. The molecule has 0 atom stereocenters. The minimum absolute atomic E-state index is 0.160. The van der Waals surface area contributed by atoms with Crippen molar-refractivity contribution in [1.82, 2.24) is 15.0 Å². The highest BCUT2D eigenvalue weighted by Crippen LogP contribution is 2.25. The molecule has 3 aromatic carbocycles. The van der Waals surface area contributed by atoms with Gasteiger partial charge < -0.3 is 20.0 Å². The standard InChI is InChI=1S/C25H20N4O2/c1-31-20-11-8-17(9-12-20)24-28-22-13-10-19(15-23(22)29-24)27-25(30)18-6-4-16(5-7-18)21-3-2-14-26-21/h2-15,26H,1H3,(H,27,30)(H,28,29). The van der Waals surface area contributed by atoms with Crippen molar-refractivity contribution >= 4 is 22.6 Å². The molecule has 1 amide bonds. The number of aromatic amines is 2. The Morgan fingerprint density at radius 2 is 1.71 bits per heavy atom. The van der Waals surface area contributed by atoms with Crippen LogP contribution in [-0.4, -0.2) is 28.0 Å². The summed E-state index contributed by atoms with van der Waals surface area (Å²) in [7, 11) is 1.64. The highest BCUT2D eigenvalue weighted by atomic mass is 16.5. The van der Waals surface area contributed by atoms with Gasteiger partial charge in [-0.15, -0.1) is 0 Å². The molecule has 31 heavy (non-hydrogen) atoms. The first-order chi connectivity index (χ1) is 15.2. The van der Waals surface area contributed by atoms with E-state index in [9.17, 15) is 4.79 Å². The first-order valence-corrected chi connectivity index (χ1v) is 9.89. The topological polar surface area (TPSA) is 82.8 Å². The number of rotatable bonds is 5. The van der Waals surface area contributed by atoms with E-state index < -0.39 is 0 Å². The predicted molar refractivity (Wildman–Crippen MR) is 122 cm³/mol. The van der Waals surface area contributed by atoms with Gasteiger partial charge in [0.2, 0.25) is 0 Å². The number of ether oxygens (including phenoxy) is 1. The number of H-pyrrole nitrogens is 2. The number of methoxy groups -OCH3 is 1. The van der Waals surface area contributed by atoms with E-state index in [0.717, 1.165) is 39.4 Å². The number of carbonyl (C=O) groups is 1. The Kier molecular flexibility index (Phi) is 4.72. The number of benzene rings is 3. The Morgan fingerprint density at radius 1 is 0.935 bits per heavy atom. The molecule has 3 N–H and O–H groups in total. The van der Waals surface area contributed by atoms with E-state index in [1.807, 2.05) is 85.1 Å². The third-order valence-electron chi connectivity index (χ3n) is 5.16. The zero-order valence-corrected chi connectivity index (χ0v) is 16.8. The summed E-state index contributed by atoms with van der Waals surface area (Å²) < 4.78 is 5.21. The lowest BCUT2D eigenvalue weighted by Gasteiger charge is -2.06. The summed E-state index contributed by atoms with van der Waals surface area (Å²) in [4.78, 5) is 23.8. The van der Waals surface area contributed by atoms with Gasteiger partial charge in [-0.1, -0.05) is 12.1 Å². The number of aromatic nitrogens is 3. The molecular formula is C25H20N4O2. The van der Waals surface area contributed by atoms with Gasteiger partial charge >= 0.3 is 0 Å². The number of amides is 1. The number of fused-ring (bicyclic) bond motifs is 1. The van der Waals surface area contributed by atoms with Crippen LogP contribution in [0, 0.1) is 0 Å². The molecule has 2 heterocycles. The van der Waals surface area contributed by atoms with Crippen LogP contribution >= 0.6 is 0 Å². The number of nitrogens with one attached hydrogen (secondary N) is 3. The summed E-state index contributed by atoms with van der Waals surface area (Å²) in [5, 5.41) is 2.96. The Bertz CT molecular complexity index is 1340. The van der Waals surface area contributed by atoms with Gasteiger partial charge in [0, 0.05) is 28.7 Å². The summed E-state index contributed by atoms with van der Waals surface area (Å²) in [5.41, 5.74) is 6.00. The zero-order chi connectivity index (χ0) is 21.2. The maximum absolute atomic E-state index is 12.7. The van der Waals surface area contributed by atoms with Crippen molar-refractivity contribution in [3.05, 3.63) is 90.6 Å². The predicted octanol–water partition coefficient (Wildman–Crippen LogP) is 5.49. The third kappa shape index (κ3) is 3.79. The van der Waals surface area contributed by atoms with Crippen molar-refractivity contribution in [2.24, 2.45) is 0 Å². The van der Waals surface area contributed by atoms with Crippen molar-refractivity contribution in [3.63, 3.8) is 0 Å². The second kappa shape index (κ2) is 7.84. The summed E-state index contributed by atoms with van der Waals surface area (Å²) in [6, 6.07) is 24.8. The smallest absolute Gasteiger partial charge is 0.255 e. The first kappa shape index (κ1) is 18.7. The molecule has 5 rings (SSSR count). The molecule has 6 heteroatoms. The average Bonchev–Trinajstić information content (AvgIpc) is 3.49. The Morgan fingerprint density at radius 3 is 2.42 bits per heavy atom. The molecule has 2 aromatic heterocycles. The molecule has 0 saturated heterocycles. The van der Waals surface area contributed by atoms with Gasteiger partial charge in [-0.3, -0.25) is 4.79 Å². The zero-order valence-electron chi connectivity index (χ0n) is 16.8. The fraction of sp³-hybridized carbons (Fsp3) is 0.0400. The van der Waals surface area contributed by atoms with Crippen LogP contribution in [0.4, 0.5) is 5.69 Å². The minimum Gasteiger partial charge on any atom is -0.497 e. The van der Waals surface area contributed by atoms with Crippen LogP contribution in [0.3, 0.4) is 0 Å². The van der Waals surface area contributed by atoms with Crippen molar-refractivity contribution in [3.8, 4) is 28.4 Å². The van der Waals surface area contributed by atoms with E-state index in [1.165, 1.54) is 0 Å². The van der Waals surface area contributed by atoms with Crippen LogP contribution in [-0.2, 0) is 0 Å². The molecule has 0 aliphatic heterocycles. The maximum atomic E-state index is 12.7. The molecule has 0 aliphatic carbocycles. The summed E-state index contributed by atoms with van der Waals surface area (Å²) in [5.74, 6) is 1.40. The molecule has 0 unspecified atom stereocenters. The molecule has 0 radical (unpaired) electrons. The van der Waals surface area contributed by atoms with Gasteiger partial charge in [0.15, 0.2) is 0 Å².